The summed E-state index contributed by atoms with van der Waals surface area (Å²) < 4.78 is 5.44. The Hall–Kier alpha value is -1.62. The number of hydrogen-bond donors (Lipinski definition) is 1. The Kier molecular flexibility index (Phi) is 5.63. The van der Waals surface area contributed by atoms with Gasteiger partial charge < -0.3 is 14.5 Å². The van der Waals surface area contributed by atoms with Gasteiger partial charge in [-0.25, -0.2) is 4.79 Å². The number of allylic oxidation sites excluding steroid dienone is 1. The van der Waals surface area contributed by atoms with Gasteiger partial charge in [0, 0.05) is 42.3 Å². The highest BCUT2D eigenvalue weighted by atomic mass is 32.1. The van der Waals surface area contributed by atoms with Crippen LogP contribution in [0.15, 0.2) is 29.2 Å². The highest BCUT2D eigenvalue weighted by molar-refractivity contribution is 7.80. The number of nitrogens with zero attached hydrogens (tertiary/aromatic N) is 2. The van der Waals surface area contributed by atoms with E-state index in [-0.39, 0.29) is 6.09 Å². The van der Waals surface area contributed by atoms with Crippen molar-refractivity contribution in [2.45, 2.75) is 38.2 Å². The van der Waals surface area contributed by atoms with Gasteiger partial charge in [-0.2, -0.15) is 0 Å². The van der Waals surface area contributed by atoms with E-state index in [0.717, 1.165) is 23.5 Å². The van der Waals surface area contributed by atoms with Gasteiger partial charge in [-0.3, -0.25) is 0 Å². The zero-order valence-corrected chi connectivity index (χ0v) is 15.3. The molecule has 1 aromatic rings. The molecule has 1 heterocycles. The molecule has 0 radical (unpaired) electrons. The van der Waals surface area contributed by atoms with E-state index < -0.39 is 5.60 Å². The lowest BCUT2D eigenvalue weighted by Gasteiger charge is -2.37. The Balaban J connectivity index is 2.05. The van der Waals surface area contributed by atoms with Crippen molar-refractivity contribution in [1.29, 1.82) is 0 Å². The minimum Gasteiger partial charge on any atom is -0.444 e. The first-order valence-electron chi connectivity index (χ1n) is 7.99. The van der Waals surface area contributed by atoms with E-state index in [2.05, 4.69) is 29.7 Å². The molecule has 0 bridgehead atoms. The molecule has 1 aliphatic rings. The van der Waals surface area contributed by atoms with Crippen molar-refractivity contribution in [3.8, 4) is 0 Å². The number of piperazine rings is 1. The first-order chi connectivity index (χ1) is 10.8. The quantitative estimate of drug-likeness (QED) is 0.828. The van der Waals surface area contributed by atoms with Gasteiger partial charge in [0.05, 0.1) is 0 Å². The average Bonchev–Trinajstić information content (AvgIpc) is 2.48. The molecule has 0 N–H and O–H groups in total. The second kappa shape index (κ2) is 7.30. The third-order valence-corrected chi connectivity index (χ3v) is 4.06. The van der Waals surface area contributed by atoms with Crippen LogP contribution in [0.25, 0.3) is 6.08 Å². The lowest BCUT2D eigenvalue weighted by molar-refractivity contribution is 0.0240. The van der Waals surface area contributed by atoms with Gasteiger partial charge in [0.25, 0.3) is 0 Å². The number of anilines is 1. The van der Waals surface area contributed by atoms with E-state index in [1.807, 2.05) is 45.9 Å². The molecular formula is C18H26N2O2S. The van der Waals surface area contributed by atoms with Crippen LogP contribution in [0.2, 0.25) is 0 Å². The first kappa shape index (κ1) is 17.7. The molecule has 0 saturated carbocycles. The van der Waals surface area contributed by atoms with Gasteiger partial charge in [0.15, 0.2) is 0 Å². The monoisotopic (exact) mass is 334 g/mol. The number of hydrogen-bond acceptors (Lipinski definition) is 4. The second-order valence-corrected chi connectivity index (χ2v) is 7.15. The SMILES string of the molecule is C/C=C/c1c(S)cccc1N1CCN(C(=O)OC(C)(C)C)CC1. The smallest absolute Gasteiger partial charge is 0.410 e. The van der Waals surface area contributed by atoms with Crippen LogP contribution in [0.4, 0.5) is 10.5 Å². The molecule has 0 unspecified atom stereocenters. The summed E-state index contributed by atoms with van der Waals surface area (Å²) in [4.78, 5) is 17.2. The molecule has 0 atom stereocenters. The summed E-state index contributed by atoms with van der Waals surface area (Å²) in [6, 6.07) is 6.13. The van der Waals surface area contributed by atoms with Crippen LogP contribution in [-0.4, -0.2) is 42.8 Å². The molecule has 4 nitrogen and oxygen atoms in total. The third kappa shape index (κ3) is 4.67. The molecule has 1 saturated heterocycles. The maximum atomic E-state index is 12.1. The topological polar surface area (TPSA) is 32.8 Å². The zero-order valence-electron chi connectivity index (χ0n) is 14.4. The summed E-state index contributed by atoms with van der Waals surface area (Å²) in [5, 5.41) is 0. The molecule has 23 heavy (non-hydrogen) atoms. The van der Waals surface area contributed by atoms with Crippen LogP contribution < -0.4 is 4.90 Å². The summed E-state index contributed by atoms with van der Waals surface area (Å²) in [5.74, 6) is 0. The average molecular weight is 334 g/mol. The molecular weight excluding hydrogens is 308 g/mol. The normalized spacial score (nSPS) is 16.0. The third-order valence-electron chi connectivity index (χ3n) is 3.67. The van der Waals surface area contributed by atoms with Gasteiger partial charge in [-0.15, -0.1) is 12.6 Å². The van der Waals surface area contributed by atoms with E-state index in [1.54, 1.807) is 4.90 Å². The van der Waals surface area contributed by atoms with E-state index in [1.165, 1.54) is 5.69 Å². The van der Waals surface area contributed by atoms with Gasteiger partial charge in [0.2, 0.25) is 0 Å². The van der Waals surface area contributed by atoms with Crippen molar-refractivity contribution in [3.63, 3.8) is 0 Å². The fourth-order valence-corrected chi connectivity index (χ4v) is 2.89. The minimum absolute atomic E-state index is 0.228. The number of ether oxygens (including phenoxy) is 1. The molecule has 5 heteroatoms. The molecule has 1 aromatic carbocycles. The van der Waals surface area contributed by atoms with Crippen molar-refractivity contribution in [2.75, 3.05) is 31.1 Å². The Morgan fingerprint density at radius 2 is 1.87 bits per heavy atom. The predicted molar refractivity (Wildman–Crippen MR) is 98.4 cm³/mol. The van der Waals surface area contributed by atoms with Crippen LogP contribution >= 0.6 is 12.6 Å². The summed E-state index contributed by atoms with van der Waals surface area (Å²) >= 11 is 4.56. The van der Waals surface area contributed by atoms with Crippen molar-refractivity contribution in [2.24, 2.45) is 0 Å². The molecule has 1 amide bonds. The van der Waals surface area contributed by atoms with E-state index in [9.17, 15) is 4.79 Å². The van der Waals surface area contributed by atoms with Gasteiger partial charge >= 0.3 is 6.09 Å². The summed E-state index contributed by atoms with van der Waals surface area (Å²) in [6.07, 6.45) is 3.88. The molecule has 2 rings (SSSR count). The zero-order chi connectivity index (χ0) is 17.0. The van der Waals surface area contributed by atoms with Crippen molar-refractivity contribution in [1.82, 2.24) is 4.90 Å². The number of benzene rings is 1. The Labute approximate surface area is 144 Å². The molecule has 126 valence electrons. The van der Waals surface area contributed by atoms with Crippen LogP contribution in [-0.2, 0) is 4.74 Å². The largest absolute Gasteiger partial charge is 0.444 e. The van der Waals surface area contributed by atoms with Crippen LogP contribution in [0.3, 0.4) is 0 Å². The standard InChI is InChI=1S/C18H26N2O2S/c1-5-7-14-15(8-6-9-16(14)23)19-10-12-20(13-11-19)17(21)22-18(2,3)4/h5-9,23H,10-13H2,1-4H3/b7-5+. The minimum atomic E-state index is -0.451. The van der Waals surface area contributed by atoms with Crippen molar-refractivity contribution >= 4 is 30.5 Å². The van der Waals surface area contributed by atoms with E-state index >= 15 is 0 Å². The highest BCUT2D eigenvalue weighted by Crippen LogP contribution is 2.28. The first-order valence-corrected chi connectivity index (χ1v) is 8.44. The summed E-state index contributed by atoms with van der Waals surface area (Å²) in [7, 11) is 0. The predicted octanol–water partition coefficient (Wildman–Crippen LogP) is 4.07. The summed E-state index contributed by atoms with van der Waals surface area (Å²) in [6.45, 7) is 10.6. The fourth-order valence-electron chi connectivity index (χ4n) is 2.61. The molecule has 0 aliphatic carbocycles. The van der Waals surface area contributed by atoms with Crippen LogP contribution in [0, 0.1) is 0 Å². The van der Waals surface area contributed by atoms with Crippen LogP contribution in [0.1, 0.15) is 33.3 Å². The molecule has 0 aromatic heterocycles. The van der Waals surface area contributed by atoms with E-state index in [0.29, 0.717) is 13.1 Å². The van der Waals surface area contributed by atoms with Gasteiger partial charge in [-0.1, -0.05) is 18.2 Å². The van der Waals surface area contributed by atoms with Crippen molar-refractivity contribution < 1.29 is 9.53 Å². The van der Waals surface area contributed by atoms with E-state index in [4.69, 9.17) is 4.74 Å². The Bertz CT molecular complexity index is 585. The molecule has 0 spiro atoms. The second-order valence-electron chi connectivity index (χ2n) is 6.66. The number of rotatable bonds is 2. The number of thiol groups is 1. The lowest BCUT2D eigenvalue weighted by Crippen LogP contribution is -2.50. The Morgan fingerprint density at radius 3 is 2.43 bits per heavy atom. The number of carbonyl (C=O) groups excluding carboxylic acids is 1. The summed E-state index contributed by atoms with van der Waals surface area (Å²) in [5.41, 5.74) is 1.84. The van der Waals surface area contributed by atoms with Gasteiger partial charge in [-0.05, 0) is 39.8 Å². The maximum absolute atomic E-state index is 12.1. The number of carbonyl (C=O) groups is 1. The van der Waals surface area contributed by atoms with Crippen LogP contribution in [0.5, 0.6) is 0 Å². The molecule has 1 aliphatic heterocycles. The molecule has 1 fully saturated rings. The van der Waals surface area contributed by atoms with Gasteiger partial charge in [0.1, 0.15) is 5.60 Å². The fraction of sp³-hybridized carbons (Fsp3) is 0.500. The lowest BCUT2D eigenvalue weighted by atomic mass is 10.1. The van der Waals surface area contributed by atoms with Crippen molar-refractivity contribution in [3.05, 3.63) is 29.8 Å². The highest BCUT2D eigenvalue weighted by Gasteiger charge is 2.26. The Morgan fingerprint density at radius 1 is 1.22 bits per heavy atom. The number of amides is 1. The maximum Gasteiger partial charge on any atom is 0.410 e.